The van der Waals surface area contributed by atoms with E-state index in [0.717, 1.165) is 5.56 Å². The van der Waals surface area contributed by atoms with Crippen molar-refractivity contribution in [2.24, 2.45) is 0 Å². The smallest absolute Gasteiger partial charge is 0.339 e. The Balaban J connectivity index is 1.84. The Bertz CT molecular complexity index is 842. The molecule has 0 unspecified atom stereocenters. The molecule has 9 heteroatoms. The lowest BCUT2D eigenvalue weighted by Gasteiger charge is -2.09. The van der Waals surface area contributed by atoms with Gasteiger partial charge in [0.1, 0.15) is 0 Å². The maximum absolute atomic E-state index is 12.6. The number of nitrogens with one attached hydrogen (secondary N) is 1. The summed E-state index contributed by atoms with van der Waals surface area (Å²) >= 11 is 0.232. The van der Waals surface area contributed by atoms with Crippen molar-refractivity contribution in [3.05, 3.63) is 65.2 Å². The molecule has 0 heterocycles. The first-order valence-electron chi connectivity index (χ1n) is 8.05. The van der Waals surface area contributed by atoms with E-state index in [9.17, 15) is 23.2 Å². The number of hydrogen-bond donors (Lipinski definition) is 1. The third kappa shape index (κ3) is 6.34. The standard InChI is InChI=1S/C19H17F2NO5S/c1-26-17(24)13-8-6-12(7-9-13)10-22-16(23)11-27-18(25)14-4-2-3-5-15(14)28-19(20)21/h2-9,19H,10-11H2,1H3,(H,22,23). The van der Waals surface area contributed by atoms with Crippen molar-refractivity contribution >= 4 is 29.6 Å². The molecule has 0 radical (unpaired) electrons. The second kappa shape index (κ2) is 10.4. The summed E-state index contributed by atoms with van der Waals surface area (Å²) in [5, 5.41) is 2.56. The van der Waals surface area contributed by atoms with Crippen LogP contribution < -0.4 is 5.32 Å². The summed E-state index contributed by atoms with van der Waals surface area (Å²) in [5.74, 6) is -4.55. The fraction of sp³-hybridized carbons (Fsp3) is 0.211. The van der Waals surface area contributed by atoms with Crippen molar-refractivity contribution in [3.8, 4) is 0 Å². The van der Waals surface area contributed by atoms with E-state index in [0.29, 0.717) is 5.56 Å². The molecule has 0 saturated heterocycles. The largest absolute Gasteiger partial charge is 0.465 e. The van der Waals surface area contributed by atoms with Crippen LogP contribution in [0.25, 0.3) is 0 Å². The molecule has 28 heavy (non-hydrogen) atoms. The average molecular weight is 409 g/mol. The van der Waals surface area contributed by atoms with Crippen LogP contribution in [0.3, 0.4) is 0 Å². The van der Waals surface area contributed by atoms with Gasteiger partial charge in [-0.25, -0.2) is 9.59 Å². The van der Waals surface area contributed by atoms with Crippen molar-refractivity contribution in [1.82, 2.24) is 5.32 Å². The van der Waals surface area contributed by atoms with Gasteiger partial charge in [0.25, 0.3) is 11.7 Å². The van der Waals surface area contributed by atoms with Crippen LogP contribution in [0.1, 0.15) is 26.3 Å². The number of hydrogen-bond acceptors (Lipinski definition) is 6. The molecule has 0 aliphatic carbocycles. The van der Waals surface area contributed by atoms with Crippen LogP contribution in [0.5, 0.6) is 0 Å². The molecule has 1 amide bonds. The number of ether oxygens (including phenoxy) is 2. The quantitative estimate of drug-likeness (QED) is 0.532. The van der Waals surface area contributed by atoms with Crippen LogP contribution in [-0.4, -0.2) is 37.3 Å². The van der Waals surface area contributed by atoms with Gasteiger partial charge in [-0.15, -0.1) is 0 Å². The molecular weight excluding hydrogens is 392 g/mol. The van der Waals surface area contributed by atoms with Gasteiger partial charge in [-0.05, 0) is 29.8 Å². The number of halogens is 2. The number of esters is 2. The molecule has 2 rings (SSSR count). The minimum absolute atomic E-state index is 0.0287. The minimum Gasteiger partial charge on any atom is -0.465 e. The Labute approximate surface area is 164 Å². The number of rotatable bonds is 8. The van der Waals surface area contributed by atoms with E-state index in [1.54, 1.807) is 24.3 Å². The highest BCUT2D eigenvalue weighted by atomic mass is 32.2. The number of amides is 1. The number of alkyl halides is 2. The lowest BCUT2D eigenvalue weighted by atomic mass is 10.1. The second-order valence-corrected chi connectivity index (χ2v) is 6.45. The maximum atomic E-state index is 12.6. The molecule has 0 spiro atoms. The molecule has 0 fully saturated rings. The molecule has 0 saturated carbocycles. The molecule has 148 valence electrons. The van der Waals surface area contributed by atoms with Crippen LogP contribution >= 0.6 is 11.8 Å². The highest BCUT2D eigenvalue weighted by molar-refractivity contribution is 7.99. The SMILES string of the molecule is COC(=O)c1ccc(CNC(=O)COC(=O)c2ccccc2SC(F)F)cc1. The number of methoxy groups -OCH3 is 1. The second-order valence-electron chi connectivity index (χ2n) is 5.42. The average Bonchev–Trinajstić information content (AvgIpc) is 2.70. The van der Waals surface area contributed by atoms with Gasteiger partial charge in [0.2, 0.25) is 0 Å². The van der Waals surface area contributed by atoms with E-state index < -0.39 is 30.2 Å². The topological polar surface area (TPSA) is 81.7 Å². The van der Waals surface area contributed by atoms with Gasteiger partial charge in [-0.2, -0.15) is 8.78 Å². The third-order valence-electron chi connectivity index (χ3n) is 3.52. The number of thioether (sulfide) groups is 1. The van der Waals surface area contributed by atoms with E-state index in [-0.39, 0.29) is 28.8 Å². The zero-order chi connectivity index (χ0) is 20.5. The van der Waals surface area contributed by atoms with Gasteiger partial charge < -0.3 is 14.8 Å². The van der Waals surface area contributed by atoms with Gasteiger partial charge in [0, 0.05) is 11.4 Å². The molecule has 2 aromatic rings. The number of carbonyl (C=O) groups excluding carboxylic acids is 3. The van der Waals surface area contributed by atoms with Crippen molar-refractivity contribution in [3.63, 3.8) is 0 Å². The van der Waals surface area contributed by atoms with E-state index in [4.69, 9.17) is 4.74 Å². The van der Waals surface area contributed by atoms with Crippen molar-refractivity contribution < 1.29 is 32.6 Å². The van der Waals surface area contributed by atoms with Crippen molar-refractivity contribution in [1.29, 1.82) is 0 Å². The van der Waals surface area contributed by atoms with Crippen molar-refractivity contribution in [2.75, 3.05) is 13.7 Å². The minimum atomic E-state index is -2.68. The molecule has 6 nitrogen and oxygen atoms in total. The summed E-state index contributed by atoms with van der Waals surface area (Å²) in [7, 11) is 1.28. The number of benzene rings is 2. The molecule has 0 bridgehead atoms. The van der Waals surface area contributed by atoms with Crippen LogP contribution in [0.15, 0.2) is 53.4 Å². The summed E-state index contributed by atoms with van der Waals surface area (Å²) in [6.45, 7) is -0.386. The predicted octanol–water partition coefficient (Wildman–Crippen LogP) is 3.26. The molecular formula is C19H17F2NO5S. The van der Waals surface area contributed by atoms with Gasteiger partial charge in [0.15, 0.2) is 6.61 Å². The lowest BCUT2D eigenvalue weighted by Crippen LogP contribution is -2.28. The molecule has 0 aliphatic rings. The molecule has 0 atom stereocenters. The molecule has 1 N–H and O–H groups in total. The highest BCUT2D eigenvalue weighted by Crippen LogP contribution is 2.28. The zero-order valence-corrected chi connectivity index (χ0v) is 15.6. The number of carbonyl (C=O) groups is 3. The van der Waals surface area contributed by atoms with E-state index in [1.807, 2.05) is 0 Å². The highest BCUT2D eigenvalue weighted by Gasteiger charge is 2.17. The summed E-state index contributed by atoms with van der Waals surface area (Å²) in [5.41, 5.74) is 1.08. The Hall–Kier alpha value is -2.94. The first-order valence-corrected chi connectivity index (χ1v) is 8.93. The van der Waals surface area contributed by atoms with Gasteiger partial charge in [-0.3, -0.25) is 4.79 Å². The maximum Gasteiger partial charge on any atom is 0.339 e. The lowest BCUT2D eigenvalue weighted by molar-refractivity contribution is -0.124. The third-order valence-corrected chi connectivity index (χ3v) is 4.31. The Morgan fingerprint density at radius 2 is 1.71 bits per heavy atom. The Morgan fingerprint density at radius 3 is 2.36 bits per heavy atom. The monoisotopic (exact) mass is 409 g/mol. The van der Waals surface area contributed by atoms with Crippen LogP contribution in [0.4, 0.5) is 8.78 Å². The van der Waals surface area contributed by atoms with Crippen LogP contribution in [-0.2, 0) is 20.8 Å². The Kier molecular flexibility index (Phi) is 7.94. The van der Waals surface area contributed by atoms with E-state index in [1.165, 1.54) is 31.4 Å². The summed E-state index contributed by atoms with van der Waals surface area (Å²) in [6, 6.07) is 12.2. The normalized spacial score (nSPS) is 10.4. The summed E-state index contributed by atoms with van der Waals surface area (Å²) in [6.07, 6.45) is 0. The van der Waals surface area contributed by atoms with Crippen LogP contribution in [0.2, 0.25) is 0 Å². The van der Waals surface area contributed by atoms with E-state index in [2.05, 4.69) is 10.1 Å². The van der Waals surface area contributed by atoms with Gasteiger partial charge in [0.05, 0.1) is 18.2 Å². The summed E-state index contributed by atoms with van der Waals surface area (Å²) in [4.78, 5) is 35.3. The van der Waals surface area contributed by atoms with E-state index >= 15 is 0 Å². The van der Waals surface area contributed by atoms with Crippen LogP contribution in [0, 0.1) is 0 Å². The molecule has 2 aromatic carbocycles. The first-order chi connectivity index (χ1) is 13.4. The van der Waals surface area contributed by atoms with Crippen molar-refractivity contribution in [2.45, 2.75) is 17.2 Å². The van der Waals surface area contributed by atoms with Gasteiger partial charge >= 0.3 is 11.9 Å². The van der Waals surface area contributed by atoms with Gasteiger partial charge in [-0.1, -0.05) is 36.0 Å². The fourth-order valence-electron chi connectivity index (χ4n) is 2.17. The molecule has 0 aromatic heterocycles. The zero-order valence-electron chi connectivity index (χ0n) is 14.8. The molecule has 0 aliphatic heterocycles. The fourth-order valence-corrected chi connectivity index (χ4v) is 2.80. The first kappa shape index (κ1) is 21.4. The summed E-state index contributed by atoms with van der Waals surface area (Å²) < 4.78 is 34.6. The predicted molar refractivity (Wildman–Crippen MR) is 98.2 cm³/mol. The Morgan fingerprint density at radius 1 is 1.04 bits per heavy atom.